The van der Waals surface area contributed by atoms with E-state index in [1.807, 2.05) is 18.2 Å². The van der Waals surface area contributed by atoms with Crippen molar-refractivity contribution in [3.05, 3.63) is 53.6 Å². The molecule has 0 radical (unpaired) electrons. The number of hydrogen-bond donors (Lipinski definition) is 1. The van der Waals surface area contributed by atoms with E-state index in [1.54, 1.807) is 31.4 Å². The molecule has 0 bridgehead atoms. The minimum atomic E-state index is -3.64. The minimum Gasteiger partial charge on any atom is -0.496 e. The van der Waals surface area contributed by atoms with Gasteiger partial charge < -0.3 is 9.64 Å². The van der Waals surface area contributed by atoms with Crippen LogP contribution in [0, 0.1) is 0 Å². The molecule has 6 heteroatoms. The molecule has 0 unspecified atom stereocenters. The number of nitrogens with one attached hydrogen (secondary N) is 1. The molecule has 2 aromatic carbocycles. The Labute approximate surface area is 161 Å². The summed E-state index contributed by atoms with van der Waals surface area (Å²) in [6, 6.07) is 13.0. The molecule has 144 valence electrons. The first-order valence-corrected chi connectivity index (χ1v) is 11.1. The summed E-state index contributed by atoms with van der Waals surface area (Å²) in [6.07, 6.45) is 5.13. The predicted molar refractivity (Wildman–Crippen MR) is 107 cm³/mol. The van der Waals surface area contributed by atoms with E-state index < -0.39 is 10.0 Å². The van der Waals surface area contributed by atoms with Gasteiger partial charge in [0.2, 0.25) is 0 Å². The van der Waals surface area contributed by atoms with E-state index in [1.165, 1.54) is 12.8 Å². The lowest BCUT2D eigenvalue weighted by atomic mass is 9.87. The fourth-order valence-electron chi connectivity index (χ4n) is 4.37. The van der Waals surface area contributed by atoms with Crippen molar-refractivity contribution in [2.75, 3.05) is 24.9 Å². The molecule has 1 N–H and O–H groups in total. The highest BCUT2D eigenvalue weighted by molar-refractivity contribution is 7.92. The second kappa shape index (κ2) is 7.52. The zero-order chi connectivity index (χ0) is 18.9. The third-order valence-corrected chi connectivity index (χ3v) is 7.17. The molecule has 1 heterocycles. The standard InChI is InChI=1S/C21H26N2O3S/c1-26-20-11-12-21(27(24,25)22-16-7-3-2-4-8-16)18-10-9-17(15-19(18)20)23-13-5-6-14-23/h2-4,7-8,11-12,17,22H,5-6,9-10,13-15H2,1H3/t17-/m0/s1. The number of sulfonamides is 1. The van der Waals surface area contributed by atoms with E-state index in [0.717, 1.165) is 49.2 Å². The number of fused-ring (bicyclic) bond motifs is 1. The van der Waals surface area contributed by atoms with E-state index in [9.17, 15) is 8.42 Å². The number of likely N-dealkylation sites (tertiary alicyclic amines) is 1. The van der Waals surface area contributed by atoms with Crippen LogP contribution in [0.2, 0.25) is 0 Å². The number of para-hydroxylation sites is 1. The maximum absolute atomic E-state index is 13.0. The average molecular weight is 387 g/mol. The molecule has 1 aliphatic carbocycles. The zero-order valence-electron chi connectivity index (χ0n) is 15.6. The van der Waals surface area contributed by atoms with Crippen molar-refractivity contribution in [1.82, 2.24) is 4.90 Å². The molecule has 1 atom stereocenters. The summed E-state index contributed by atoms with van der Waals surface area (Å²) in [7, 11) is -1.98. The molecule has 0 saturated carbocycles. The summed E-state index contributed by atoms with van der Waals surface area (Å²) >= 11 is 0. The fourth-order valence-corrected chi connectivity index (χ4v) is 5.73. The highest BCUT2D eigenvalue weighted by Crippen LogP contribution is 2.37. The first kappa shape index (κ1) is 18.3. The molecule has 27 heavy (non-hydrogen) atoms. The number of nitrogens with zero attached hydrogens (tertiary/aromatic N) is 1. The van der Waals surface area contributed by atoms with Gasteiger partial charge in [-0.05, 0) is 75.0 Å². The SMILES string of the molecule is COc1ccc(S(=O)(=O)Nc2ccccc2)c2c1C[C@@H](N1CCCC1)CC2. The van der Waals surface area contributed by atoms with Gasteiger partial charge in [-0.25, -0.2) is 8.42 Å². The van der Waals surface area contributed by atoms with Crippen LogP contribution >= 0.6 is 0 Å². The third kappa shape index (κ3) is 3.69. The van der Waals surface area contributed by atoms with E-state index in [4.69, 9.17) is 4.74 Å². The Morgan fingerprint density at radius 1 is 1.04 bits per heavy atom. The van der Waals surface area contributed by atoms with Crippen LogP contribution in [0.3, 0.4) is 0 Å². The molecular formula is C21H26N2O3S. The number of anilines is 1. The Kier molecular flexibility index (Phi) is 5.10. The minimum absolute atomic E-state index is 0.377. The summed E-state index contributed by atoms with van der Waals surface area (Å²) < 4.78 is 34.4. The van der Waals surface area contributed by atoms with Gasteiger partial charge in [-0.1, -0.05) is 18.2 Å². The van der Waals surface area contributed by atoms with Crippen molar-refractivity contribution < 1.29 is 13.2 Å². The molecule has 2 aromatic rings. The lowest BCUT2D eigenvalue weighted by Gasteiger charge is -2.33. The summed E-state index contributed by atoms with van der Waals surface area (Å²) in [4.78, 5) is 2.92. The first-order valence-electron chi connectivity index (χ1n) is 9.59. The molecule has 1 fully saturated rings. The van der Waals surface area contributed by atoms with Gasteiger partial charge in [0.25, 0.3) is 10.0 Å². The van der Waals surface area contributed by atoms with E-state index in [0.29, 0.717) is 16.6 Å². The Morgan fingerprint density at radius 2 is 1.78 bits per heavy atom. The topological polar surface area (TPSA) is 58.6 Å². The molecule has 4 rings (SSSR count). The molecule has 0 amide bonds. The maximum atomic E-state index is 13.0. The quantitative estimate of drug-likeness (QED) is 0.855. The van der Waals surface area contributed by atoms with Crippen molar-refractivity contribution in [1.29, 1.82) is 0 Å². The van der Waals surface area contributed by atoms with Crippen molar-refractivity contribution in [3.63, 3.8) is 0 Å². The second-order valence-corrected chi connectivity index (χ2v) is 8.99. The number of benzene rings is 2. The number of hydrogen-bond acceptors (Lipinski definition) is 4. The Hall–Kier alpha value is -2.05. The second-order valence-electron chi connectivity index (χ2n) is 7.33. The predicted octanol–water partition coefficient (Wildman–Crippen LogP) is 3.45. The van der Waals surface area contributed by atoms with Gasteiger partial charge in [0.1, 0.15) is 5.75 Å². The summed E-state index contributed by atoms with van der Waals surface area (Å²) in [5.74, 6) is 0.799. The number of ether oxygens (including phenoxy) is 1. The number of rotatable bonds is 5. The molecule has 2 aliphatic rings. The molecule has 0 spiro atoms. The van der Waals surface area contributed by atoms with Gasteiger partial charge in [0, 0.05) is 17.3 Å². The molecular weight excluding hydrogens is 360 g/mol. The highest BCUT2D eigenvalue weighted by Gasteiger charge is 2.32. The maximum Gasteiger partial charge on any atom is 0.262 e. The first-order chi connectivity index (χ1) is 13.1. The van der Waals surface area contributed by atoms with Crippen molar-refractivity contribution >= 4 is 15.7 Å². The fraction of sp³-hybridized carbons (Fsp3) is 0.429. The Morgan fingerprint density at radius 3 is 2.48 bits per heavy atom. The largest absolute Gasteiger partial charge is 0.496 e. The molecule has 5 nitrogen and oxygen atoms in total. The summed E-state index contributed by atoms with van der Waals surface area (Å²) in [5, 5.41) is 0. The Bertz CT molecular complexity index is 907. The monoisotopic (exact) mass is 386 g/mol. The van der Waals surface area contributed by atoms with Crippen LogP contribution in [-0.4, -0.2) is 39.6 Å². The zero-order valence-corrected chi connectivity index (χ0v) is 16.5. The third-order valence-electron chi connectivity index (χ3n) is 5.71. The van der Waals surface area contributed by atoms with Gasteiger partial charge in [0.05, 0.1) is 12.0 Å². The van der Waals surface area contributed by atoms with Crippen LogP contribution in [0.5, 0.6) is 5.75 Å². The highest BCUT2D eigenvalue weighted by atomic mass is 32.2. The van der Waals surface area contributed by atoms with Crippen LogP contribution in [-0.2, 0) is 22.9 Å². The number of methoxy groups -OCH3 is 1. The van der Waals surface area contributed by atoms with Gasteiger partial charge in [-0.15, -0.1) is 0 Å². The average Bonchev–Trinajstić information content (AvgIpc) is 3.22. The van der Waals surface area contributed by atoms with Gasteiger partial charge in [-0.3, -0.25) is 4.72 Å². The van der Waals surface area contributed by atoms with Gasteiger partial charge in [0.15, 0.2) is 0 Å². The van der Waals surface area contributed by atoms with E-state index >= 15 is 0 Å². The van der Waals surface area contributed by atoms with E-state index in [-0.39, 0.29) is 0 Å². The van der Waals surface area contributed by atoms with Crippen LogP contribution < -0.4 is 9.46 Å². The van der Waals surface area contributed by atoms with Gasteiger partial charge in [-0.2, -0.15) is 0 Å². The molecule has 1 saturated heterocycles. The lowest BCUT2D eigenvalue weighted by molar-refractivity contribution is 0.219. The van der Waals surface area contributed by atoms with E-state index in [2.05, 4.69) is 9.62 Å². The van der Waals surface area contributed by atoms with Crippen LogP contribution in [0.25, 0.3) is 0 Å². The summed E-state index contributed by atoms with van der Waals surface area (Å²) in [5.41, 5.74) is 2.54. The van der Waals surface area contributed by atoms with Crippen molar-refractivity contribution in [2.45, 2.75) is 43.0 Å². The summed E-state index contributed by atoms with van der Waals surface area (Å²) in [6.45, 7) is 2.30. The molecule has 0 aromatic heterocycles. The van der Waals surface area contributed by atoms with Crippen LogP contribution in [0.4, 0.5) is 5.69 Å². The van der Waals surface area contributed by atoms with Crippen molar-refractivity contribution in [3.8, 4) is 5.75 Å². The lowest BCUT2D eigenvalue weighted by Crippen LogP contribution is -2.37. The van der Waals surface area contributed by atoms with Crippen LogP contribution in [0.15, 0.2) is 47.4 Å². The molecule has 1 aliphatic heterocycles. The van der Waals surface area contributed by atoms with Crippen LogP contribution in [0.1, 0.15) is 30.4 Å². The smallest absolute Gasteiger partial charge is 0.262 e. The Balaban J connectivity index is 1.68. The van der Waals surface area contributed by atoms with Crippen molar-refractivity contribution in [2.24, 2.45) is 0 Å². The van der Waals surface area contributed by atoms with Gasteiger partial charge >= 0.3 is 0 Å². The normalized spacial score (nSPS) is 20.3.